The minimum absolute atomic E-state index is 0.0118. The highest BCUT2D eigenvalue weighted by molar-refractivity contribution is 5.96. The van der Waals surface area contributed by atoms with Crippen molar-refractivity contribution < 1.29 is 41.7 Å². The standard InChI is InChI=1S/C31H30F4N4O5/c1-29(28(36)41)16-43-26-21(29)14-24(38-25(26)17-3-6-19(32)7-4-17)30(42,31(33,34)35)15-37-27(40)18-5-10-23(44-20-8-9-20)22(13-18)39-11-2-12-39/h3-7,10,13-14,20,42H,2,8-9,11-12,15-16H2,1H3,(H2,36,41)(H,37,40)/t29-,30?/m0/s1. The number of alkyl halides is 3. The van der Waals surface area contributed by atoms with E-state index in [4.69, 9.17) is 15.2 Å². The summed E-state index contributed by atoms with van der Waals surface area (Å²) in [6.45, 7) is 1.35. The van der Waals surface area contributed by atoms with E-state index in [1.54, 1.807) is 12.1 Å². The molecule has 0 bridgehead atoms. The highest BCUT2D eigenvalue weighted by Crippen LogP contribution is 2.48. The van der Waals surface area contributed by atoms with E-state index in [2.05, 4.69) is 10.3 Å². The van der Waals surface area contributed by atoms with Crippen molar-refractivity contribution >= 4 is 17.5 Å². The van der Waals surface area contributed by atoms with Crippen LogP contribution in [-0.2, 0) is 15.8 Å². The number of hydrogen-bond donors (Lipinski definition) is 3. The van der Waals surface area contributed by atoms with Gasteiger partial charge >= 0.3 is 6.18 Å². The second-order valence-electron chi connectivity index (χ2n) is 11.6. The van der Waals surface area contributed by atoms with E-state index in [9.17, 15) is 32.3 Å². The lowest BCUT2D eigenvalue weighted by molar-refractivity contribution is -0.265. The number of aliphatic hydroxyl groups is 1. The summed E-state index contributed by atoms with van der Waals surface area (Å²) in [5, 5.41) is 13.5. The van der Waals surface area contributed by atoms with Crippen LogP contribution in [0, 0.1) is 5.82 Å². The molecule has 4 N–H and O–H groups in total. The molecule has 13 heteroatoms. The third-order valence-electron chi connectivity index (χ3n) is 8.37. The highest BCUT2D eigenvalue weighted by Gasteiger charge is 2.57. The number of aromatic nitrogens is 1. The number of primary amides is 1. The summed E-state index contributed by atoms with van der Waals surface area (Å²) in [7, 11) is 0. The second kappa shape index (κ2) is 10.7. The summed E-state index contributed by atoms with van der Waals surface area (Å²) in [4.78, 5) is 31.7. The van der Waals surface area contributed by atoms with Crippen molar-refractivity contribution in [1.82, 2.24) is 10.3 Å². The zero-order valence-corrected chi connectivity index (χ0v) is 23.7. The number of ether oxygens (including phenoxy) is 2. The Morgan fingerprint density at radius 2 is 1.86 bits per heavy atom. The van der Waals surface area contributed by atoms with Crippen LogP contribution >= 0.6 is 0 Å². The Hall–Kier alpha value is -4.39. The van der Waals surface area contributed by atoms with Gasteiger partial charge in [-0.2, -0.15) is 13.2 Å². The van der Waals surface area contributed by atoms with Crippen molar-refractivity contribution in [2.45, 2.75) is 49.5 Å². The van der Waals surface area contributed by atoms with Crippen molar-refractivity contribution in [2.24, 2.45) is 5.73 Å². The molecule has 3 heterocycles. The van der Waals surface area contributed by atoms with Crippen LogP contribution in [0.5, 0.6) is 11.5 Å². The van der Waals surface area contributed by atoms with E-state index in [1.165, 1.54) is 25.1 Å². The van der Waals surface area contributed by atoms with Gasteiger partial charge in [-0.1, -0.05) is 0 Å². The van der Waals surface area contributed by atoms with Gasteiger partial charge < -0.3 is 30.5 Å². The molecule has 1 saturated carbocycles. The minimum Gasteiger partial charge on any atom is -0.489 e. The molecule has 2 aromatic carbocycles. The number of rotatable bonds is 9. The van der Waals surface area contributed by atoms with Crippen LogP contribution in [0.2, 0.25) is 0 Å². The van der Waals surface area contributed by atoms with E-state index in [0.717, 1.165) is 50.6 Å². The molecule has 232 valence electrons. The number of amides is 2. The molecule has 3 aromatic rings. The molecule has 2 atom stereocenters. The van der Waals surface area contributed by atoms with Crippen LogP contribution in [0.3, 0.4) is 0 Å². The average molecular weight is 615 g/mol. The van der Waals surface area contributed by atoms with Gasteiger partial charge in [-0.15, -0.1) is 0 Å². The molecule has 0 spiro atoms. The molecule has 2 amide bonds. The predicted octanol–water partition coefficient (Wildman–Crippen LogP) is 3.95. The average Bonchev–Trinajstić information content (AvgIpc) is 3.71. The van der Waals surface area contributed by atoms with E-state index in [-0.39, 0.29) is 40.8 Å². The van der Waals surface area contributed by atoms with Crippen molar-refractivity contribution in [3.8, 4) is 22.8 Å². The molecular weight excluding hydrogens is 584 g/mol. The van der Waals surface area contributed by atoms with Crippen LogP contribution in [0.15, 0.2) is 48.5 Å². The Kier molecular flexibility index (Phi) is 7.18. The van der Waals surface area contributed by atoms with Gasteiger partial charge in [-0.05, 0) is 74.7 Å². The predicted molar refractivity (Wildman–Crippen MR) is 151 cm³/mol. The number of hydrogen-bond acceptors (Lipinski definition) is 7. The summed E-state index contributed by atoms with van der Waals surface area (Å²) in [5.74, 6) is -1.72. The van der Waals surface area contributed by atoms with Crippen molar-refractivity contribution in [3.05, 3.63) is 71.2 Å². The maximum atomic E-state index is 14.7. The number of nitrogens with two attached hydrogens (primary N) is 1. The fourth-order valence-corrected chi connectivity index (χ4v) is 5.18. The smallest absolute Gasteiger partial charge is 0.424 e. The molecule has 2 aliphatic heterocycles. The summed E-state index contributed by atoms with van der Waals surface area (Å²) in [5.41, 5.74) is 0.250. The topological polar surface area (TPSA) is 127 Å². The van der Waals surface area contributed by atoms with Gasteiger partial charge in [-0.3, -0.25) is 9.59 Å². The number of halogens is 4. The largest absolute Gasteiger partial charge is 0.489 e. The first-order valence-electron chi connectivity index (χ1n) is 14.2. The second-order valence-corrected chi connectivity index (χ2v) is 11.6. The third kappa shape index (κ3) is 5.18. The van der Waals surface area contributed by atoms with Gasteiger partial charge in [0.2, 0.25) is 11.5 Å². The maximum absolute atomic E-state index is 14.7. The number of pyridine rings is 1. The lowest BCUT2D eigenvalue weighted by Crippen LogP contribution is -2.51. The van der Waals surface area contributed by atoms with Crippen LogP contribution in [0.25, 0.3) is 11.3 Å². The molecule has 1 saturated heterocycles. The molecule has 3 aliphatic rings. The normalized spacial score (nSPS) is 20.6. The van der Waals surface area contributed by atoms with Gasteiger partial charge in [0, 0.05) is 29.8 Å². The molecule has 9 nitrogen and oxygen atoms in total. The Balaban J connectivity index is 1.36. The van der Waals surface area contributed by atoms with Gasteiger partial charge in [0.25, 0.3) is 5.91 Å². The van der Waals surface area contributed by atoms with Crippen molar-refractivity contribution in [3.63, 3.8) is 0 Å². The SMILES string of the molecule is C[C@]1(C(N)=O)COc2c1cc(C(O)(CNC(=O)c1ccc(OC3CC3)c(N3CCC3)c1)C(F)(F)F)nc2-c1ccc(F)cc1. The summed E-state index contributed by atoms with van der Waals surface area (Å²) >= 11 is 0. The number of nitrogens with one attached hydrogen (secondary N) is 1. The third-order valence-corrected chi connectivity index (χ3v) is 8.37. The molecule has 1 unspecified atom stereocenters. The van der Waals surface area contributed by atoms with Gasteiger partial charge in [0.1, 0.15) is 35.0 Å². The first-order valence-corrected chi connectivity index (χ1v) is 14.2. The van der Waals surface area contributed by atoms with E-state index < -0.39 is 47.1 Å². The minimum atomic E-state index is -5.32. The first kappa shape index (κ1) is 29.7. The lowest BCUT2D eigenvalue weighted by atomic mass is 9.81. The van der Waals surface area contributed by atoms with E-state index >= 15 is 0 Å². The molecular formula is C31H30F4N4O5. The molecule has 44 heavy (non-hydrogen) atoms. The Bertz CT molecular complexity index is 1620. The number of anilines is 1. The number of carbonyl (C=O) groups is 2. The maximum Gasteiger partial charge on any atom is 0.424 e. The van der Waals surface area contributed by atoms with Gasteiger partial charge in [-0.25, -0.2) is 9.37 Å². The Morgan fingerprint density at radius 3 is 2.45 bits per heavy atom. The fourth-order valence-electron chi connectivity index (χ4n) is 5.18. The number of fused-ring (bicyclic) bond motifs is 1. The van der Waals surface area contributed by atoms with Crippen LogP contribution in [0.1, 0.15) is 47.8 Å². The molecule has 2 fully saturated rings. The number of nitrogens with zero attached hydrogens (tertiary/aromatic N) is 2. The summed E-state index contributed by atoms with van der Waals surface area (Å²) in [6.07, 6.45) is -2.39. The van der Waals surface area contributed by atoms with Crippen LogP contribution in [0.4, 0.5) is 23.2 Å². The van der Waals surface area contributed by atoms with E-state index in [0.29, 0.717) is 11.4 Å². The van der Waals surface area contributed by atoms with Crippen LogP contribution < -0.4 is 25.4 Å². The molecule has 1 aromatic heterocycles. The highest BCUT2D eigenvalue weighted by atomic mass is 19.4. The monoisotopic (exact) mass is 614 g/mol. The number of benzene rings is 2. The zero-order chi connectivity index (χ0) is 31.4. The number of carbonyl (C=O) groups excluding carboxylic acids is 2. The summed E-state index contributed by atoms with van der Waals surface area (Å²) in [6, 6.07) is 10.3. The zero-order valence-electron chi connectivity index (χ0n) is 23.7. The van der Waals surface area contributed by atoms with Gasteiger partial charge in [0.05, 0.1) is 24.0 Å². The summed E-state index contributed by atoms with van der Waals surface area (Å²) < 4.78 is 69.4. The Morgan fingerprint density at radius 1 is 1.16 bits per heavy atom. The first-order chi connectivity index (χ1) is 20.8. The van der Waals surface area contributed by atoms with Crippen molar-refractivity contribution in [2.75, 3.05) is 31.1 Å². The lowest BCUT2D eigenvalue weighted by Gasteiger charge is -2.34. The molecule has 1 aliphatic carbocycles. The van der Waals surface area contributed by atoms with Gasteiger partial charge in [0.15, 0.2) is 0 Å². The van der Waals surface area contributed by atoms with Crippen molar-refractivity contribution in [1.29, 1.82) is 0 Å². The quantitative estimate of drug-likeness (QED) is 0.312. The molecule has 0 radical (unpaired) electrons. The van der Waals surface area contributed by atoms with Crippen LogP contribution in [-0.4, -0.2) is 60.4 Å². The molecule has 6 rings (SSSR count). The Labute approximate surface area is 250 Å². The van der Waals surface area contributed by atoms with E-state index in [1.807, 2.05) is 4.90 Å². The fraction of sp³-hybridized carbons (Fsp3) is 0.387.